The Morgan fingerprint density at radius 2 is 2.18 bits per heavy atom. The molecule has 0 atom stereocenters. The molecule has 6 heteroatoms. The monoisotopic (exact) mass is 234 g/mol. The Morgan fingerprint density at radius 3 is 2.82 bits per heavy atom. The molecule has 1 fully saturated rings. The highest BCUT2D eigenvalue weighted by atomic mass is 16.2. The number of nitrogen functional groups attached to an aromatic ring is 1. The van der Waals surface area contributed by atoms with Crippen molar-refractivity contribution in [2.75, 3.05) is 17.2 Å². The number of carbonyl (C=O) groups excluding carboxylic acids is 2. The molecule has 1 aliphatic rings. The van der Waals surface area contributed by atoms with Crippen LogP contribution in [0.1, 0.15) is 13.8 Å². The summed E-state index contributed by atoms with van der Waals surface area (Å²) in [4.78, 5) is 28.8. The summed E-state index contributed by atoms with van der Waals surface area (Å²) in [5.41, 5.74) is 5.54. The molecule has 3 N–H and O–H groups in total. The van der Waals surface area contributed by atoms with Gasteiger partial charge in [-0.05, 0) is 26.0 Å². The first-order valence-corrected chi connectivity index (χ1v) is 5.25. The molecule has 0 aromatic carbocycles. The fourth-order valence-electron chi connectivity index (χ4n) is 1.81. The molecular weight excluding hydrogens is 220 g/mol. The SMILES string of the molecule is CC1(C)C(=O)NC(=O)CN1c1cccnc1N. The number of amides is 2. The van der Waals surface area contributed by atoms with Gasteiger partial charge in [-0.25, -0.2) is 4.98 Å². The first-order valence-electron chi connectivity index (χ1n) is 5.25. The van der Waals surface area contributed by atoms with Gasteiger partial charge in [-0.3, -0.25) is 14.9 Å². The third kappa shape index (κ3) is 1.82. The average Bonchev–Trinajstić information content (AvgIpc) is 2.25. The van der Waals surface area contributed by atoms with Crippen molar-refractivity contribution in [1.82, 2.24) is 10.3 Å². The second-order valence-electron chi connectivity index (χ2n) is 4.43. The molecule has 0 saturated carbocycles. The van der Waals surface area contributed by atoms with E-state index >= 15 is 0 Å². The van der Waals surface area contributed by atoms with Gasteiger partial charge >= 0.3 is 0 Å². The lowest BCUT2D eigenvalue weighted by Crippen LogP contribution is -2.64. The van der Waals surface area contributed by atoms with E-state index in [1.807, 2.05) is 0 Å². The van der Waals surface area contributed by atoms with E-state index in [0.717, 1.165) is 0 Å². The molecule has 1 aromatic rings. The van der Waals surface area contributed by atoms with Crippen LogP contribution < -0.4 is 16.0 Å². The Morgan fingerprint density at radius 1 is 1.47 bits per heavy atom. The van der Waals surface area contributed by atoms with E-state index in [4.69, 9.17) is 5.73 Å². The zero-order chi connectivity index (χ0) is 12.6. The van der Waals surface area contributed by atoms with Gasteiger partial charge in [0.15, 0.2) is 0 Å². The third-order valence-corrected chi connectivity index (χ3v) is 2.89. The highest BCUT2D eigenvalue weighted by Crippen LogP contribution is 2.29. The van der Waals surface area contributed by atoms with Crippen LogP contribution in [0.3, 0.4) is 0 Å². The molecule has 2 heterocycles. The van der Waals surface area contributed by atoms with Crippen LogP contribution in [-0.4, -0.2) is 28.9 Å². The van der Waals surface area contributed by atoms with Crippen LogP contribution in [0.15, 0.2) is 18.3 Å². The van der Waals surface area contributed by atoms with E-state index in [-0.39, 0.29) is 18.4 Å². The van der Waals surface area contributed by atoms with E-state index in [2.05, 4.69) is 10.3 Å². The maximum atomic E-state index is 11.8. The zero-order valence-corrected chi connectivity index (χ0v) is 9.73. The van der Waals surface area contributed by atoms with Crippen molar-refractivity contribution < 1.29 is 9.59 Å². The number of anilines is 2. The molecule has 90 valence electrons. The number of aromatic nitrogens is 1. The van der Waals surface area contributed by atoms with Crippen LogP contribution in [-0.2, 0) is 9.59 Å². The number of pyridine rings is 1. The smallest absolute Gasteiger partial charge is 0.251 e. The molecule has 0 aliphatic carbocycles. The number of rotatable bonds is 1. The van der Waals surface area contributed by atoms with Gasteiger partial charge in [0.05, 0.1) is 12.2 Å². The number of nitrogens with one attached hydrogen (secondary N) is 1. The number of nitrogens with two attached hydrogens (primary N) is 1. The third-order valence-electron chi connectivity index (χ3n) is 2.89. The molecule has 2 amide bonds. The topological polar surface area (TPSA) is 88.3 Å². The second-order valence-corrected chi connectivity index (χ2v) is 4.43. The zero-order valence-electron chi connectivity index (χ0n) is 9.73. The van der Waals surface area contributed by atoms with Gasteiger partial charge in [0.2, 0.25) is 5.91 Å². The van der Waals surface area contributed by atoms with Crippen molar-refractivity contribution in [1.29, 1.82) is 0 Å². The molecule has 1 aliphatic heterocycles. The minimum atomic E-state index is -0.828. The Balaban J connectivity index is 2.46. The largest absolute Gasteiger partial charge is 0.382 e. The number of nitrogens with zero attached hydrogens (tertiary/aromatic N) is 2. The summed E-state index contributed by atoms with van der Waals surface area (Å²) in [6.45, 7) is 3.57. The predicted molar refractivity (Wildman–Crippen MR) is 63.2 cm³/mol. The lowest BCUT2D eigenvalue weighted by atomic mass is 9.98. The summed E-state index contributed by atoms with van der Waals surface area (Å²) in [6.07, 6.45) is 1.57. The fourth-order valence-corrected chi connectivity index (χ4v) is 1.81. The Hall–Kier alpha value is -2.11. The molecule has 1 saturated heterocycles. The van der Waals surface area contributed by atoms with Gasteiger partial charge in [0.25, 0.3) is 5.91 Å². The summed E-state index contributed by atoms with van der Waals surface area (Å²) in [6, 6.07) is 3.47. The normalized spacial score (nSPS) is 19.1. The molecule has 0 spiro atoms. The fraction of sp³-hybridized carbons (Fsp3) is 0.364. The van der Waals surface area contributed by atoms with Gasteiger partial charge in [0.1, 0.15) is 11.4 Å². The summed E-state index contributed by atoms with van der Waals surface area (Å²) < 4.78 is 0. The lowest BCUT2D eigenvalue weighted by Gasteiger charge is -2.41. The standard InChI is InChI=1S/C11H14N4O2/c1-11(2)10(17)14-8(16)6-15(11)7-4-3-5-13-9(7)12/h3-5H,6H2,1-2H3,(H2,12,13)(H,14,16,17). The molecule has 0 radical (unpaired) electrons. The van der Waals surface area contributed by atoms with Crippen molar-refractivity contribution in [2.24, 2.45) is 0 Å². The molecule has 0 unspecified atom stereocenters. The van der Waals surface area contributed by atoms with Gasteiger partial charge in [-0.2, -0.15) is 0 Å². The molecular formula is C11H14N4O2. The first kappa shape index (κ1) is 11.4. The number of piperazine rings is 1. The van der Waals surface area contributed by atoms with Crippen molar-refractivity contribution >= 4 is 23.3 Å². The van der Waals surface area contributed by atoms with Gasteiger partial charge in [0, 0.05) is 6.20 Å². The molecule has 2 rings (SSSR count). The molecule has 6 nitrogen and oxygen atoms in total. The number of carbonyl (C=O) groups is 2. The van der Waals surface area contributed by atoms with E-state index in [0.29, 0.717) is 11.5 Å². The minimum absolute atomic E-state index is 0.0919. The number of hydrogen-bond acceptors (Lipinski definition) is 5. The number of imide groups is 1. The van der Waals surface area contributed by atoms with E-state index in [9.17, 15) is 9.59 Å². The summed E-state index contributed by atoms with van der Waals surface area (Å²) in [5, 5.41) is 2.31. The first-order chi connectivity index (χ1) is 7.93. The van der Waals surface area contributed by atoms with Crippen LogP contribution in [0.25, 0.3) is 0 Å². The quantitative estimate of drug-likeness (QED) is 0.663. The van der Waals surface area contributed by atoms with Crippen LogP contribution in [0, 0.1) is 0 Å². The number of hydrogen-bond donors (Lipinski definition) is 2. The van der Waals surface area contributed by atoms with Crippen molar-refractivity contribution in [3.63, 3.8) is 0 Å². The Labute approximate surface area is 98.8 Å². The van der Waals surface area contributed by atoms with E-state index < -0.39 is 5.54 Å². The second kappa shape index (κ2) is 3.73. The summed E-state index contributed by atoms with van der Waals surface area (Å²) >= 11 is 0. The van der Waals surface area contributed by atoms with Gasteiger partial charge in [-0.15, -0.1) is 0 Å². The van der Waals surface area contributed by atoms with Crippen LogP contribution in [0.5, 0.6) is 0 Å². The highest BCUT2D eigenvalue weighted by Gasteiger charge is 2.41. The Bertz CT molecular complexity index is 484. The minimum Gasteiger partial charge on any atom is -0.382 e. The van der Waals surface area contributed by atoms with Crippen molar-refractivity contribution in [2.45, 2.75) is 19.4 Å². The van der Waals surface area contributed by atoms with Crippen LogP contribution in [0.4, 0.5) is 11.5 Å². The molecule has 17 heavy (non-hydrogen) atoms. The maximum absolute atomic E-state index is 11.8. The van der Waals surface area contributed by atoms with E-state index in [1.54, 1.807) is 37.1 Å². The van der Waals surface area contributed by atoms with E-state index in [1.165, 1.54) is 0 Å². The summed E-state index contributed by atoms with van der Waals surface area (Å²) in [5.74, 6) is -0.363. The Kier molecular flexibility index (Phi) is 2.49. The maximum Gasteiger partial charge on any atom is 0.251 e. The van der Waals surface area contributed by atoms with Gasteiger partial charge < -0.3 is 10.6 Å². The predicted octanol–water partition coefficient (Wildman–Crippen LogP) is -0.0948. The average molecular weight is 234 g/mol. The van der Waals surface area contributed by atoms with Crippen molar-refractivity contribution in [3.05, 3.63) is 18.3 Å². The highest BCUT2D eigenvalue weighted by molar-refractivity contribution is 6.07. The molecule has 0 bridgehead atoms. The van der Waals surface area contributed by atoms with Gasteiger partial charge in [-0.1, -0.05) is 0 Å². The van der Waals surface area contributed by atoms with Crippen LogP contribution >= 0.6 is 0 Å². The van der Waals surface area contributed by atoms with Crippen LogP contribution in [0.2, 0.25) is 0 Å². The summed E-state index contributed by atoms with van der Waals surface area (Å²) in [7, 11) is 0. The lowest BCUT2D eigenvalue weighted by molar-refractivity contribution is -0.135. The molecule has 1 aromatic heterocycles. The van der Waals surface area contributed by atoms with Crippen molar-refractivity contribution in [3.8, 4) is 0 Å².